The van der Waals surface area contributed by atoms with Crippen molar-refractivity contribution in [1.29, 1.82) is 0 Å². The molecule has 0 aliphatic carbocycles. The number of hydrogen-bond acceptors (Lipinski definition) is 5. The van der Waals surface area contributed by atoms with Crippen LogP contribution in [0.1, 0.15) is 6.42 Å². The van der Waals surface area contributed by atoms with E-state index in [1.54, 1.807) is 25.2 Å². The summed E-state index contributed by atoms with van der Waals surface area (Å²) in [5, 5.41) is 2.14. The molecule has 23 heavy (non-hydrogen) atoms. The highest BCUT2D eigenvalue weighted by molar-refractivity contribution is 7.99. The molecular weight excluding hydrogens is 308 g/mol. The predicted octanol–water partition coefficient (Wildman–Crippen LogP) is 4.20. The summed E-state index contributed by atoms with van der Waals surface area (Å²) in [6.45, 7) is 0.683. The topological polar surface area (TPSA) is 44.2 Å². The number of thioether (sulfide) groups is 1. The van der Waals surface area contributed by atoms with E-state index >= 15 is 0 Å². The van der Waals surface area contributed by atoms with E-state index in [2.05, 4.69) is 16.0 Å². The van der Waals surface area contributed by atoms with Gasteiger partial charge < -0.3 is 9.47 Å². The predicted molar refractivity (Wildman–Crippen MR) is 93.4 cm³/mol. The monoisotopic (exact) mass is 326 g/mol. The van der Waals surface area contributed by atoms with Crippen molar-refractivity contribution >= 4 is 22.7 Å². The van der Waals surface area contributed by atoms with Crippen LogP contribution in [0.3, 0.4) is 0 Å². The summed E-state index contributed by atoms with van der Waals surface area (Å²) in [7, 11) is 1.66. The molecule has 5 heteroatoms. The Kier molecular flexibility index (Phi) is 5.32. The Morgan fingerprint density at radius 3 is 2.57 bits per heavy atom. The molecule has 0 atom stereocenters. The molecule has 0 aliphatic rings. The average molecular weight is 326 g/mol. The molecule has 0 saturated heterocycles. The SMILES string of the molecule is COc1ccc(OCCCSc2ncnc3ccccc23)cc1. The lowest BCUT2D eigenvalue weighted by atomic mass is 10.2. The first-order chi connectivity index (χ1) is 11.4. The largest absolute Gasteiger partial charge is 0.497 e. The van der Waals surface area contributed by atoms with E-state index in [0.717, 1.165) is 39.6 Å². The second-order valence-electron chi connectivity index (χ2n) is 4.92. The zero-order valence-electron chi connectivity index (χ0n) is 12.9. The normalized spacial score (nSPS) is 10.7. The number of ether oxygens (including phenoxy) is 2. The van der Waals surface area contributed by atoms with Crippen LogP contribution in [0.2, 0.25) is 0 Å². The third-order valence-corrected chi connectivity index (χ3v) is 4.45. The maximum atomic E-state index is 5.73. The van der Waals surface area contributed by atoms with Crippen LogP contribution in [-0.2, 0) is 0 Å². The van der Waals surface area contributed by atoms with Crippen molar-refractivity contribution in [3.63, 3.8) is 0 Å². The van der Waals surface area contributed by atoms with Crippen LogP contribution >= 0.6 is 11.8 Å². The zero-order valence-corrected chi connectivity index (χ0v) is 13.8. The molecule has 0 spiro atoms. The standard InChI is InChI=1S/C18H18N2O2S/c1-21-14-7-9-15(10-8-14)22-11-4-12-23-18-16-5-2-3-6-17(16)19-13-20-18/h2-3,5-10,13H,4,11-12H2,1H3. The number of fused-ring (bicyclic) bond motifs is 1. The highest BCUT2D eigenvalue weighted by Gasteiger charge is 2.03. The first kappa shape index (κ1) is 15.6. The van der Waals surface area contributed by atoms with Crippen molar-refractivity contribution in [3.05, 3.63) is 54.9 Å². The first-order valence-corrected chi connectivity index (χ1v) is 8.45. The maximum Gasteiger partial charge on any atom is 0.119 e. The molecule has 3 rings (SSSR count). The Balaban J connectivity index is 1.47. The van der Waals surface area contributed by atoms with Gasteiger partial charge >= 0.3 is 0 Å². The molecule has 0 radical (unpaired) electrons. The highest BCUT2D eigenvalue weighted by Crippen LogP contribution is 2.24. The van der Waals surface area contributed by atoms with Crippen LogP contribution in [-0.4, -0.2) is 29.4 Å². The van der Waals surface area contributed by atoms with Gasteiger partial charge in [-0.1, -0.05) is 18.2 Å². The van der Waals surface area contributed by atoms with E-state index in [0.29, 0.717) is 6.61 Å². The van der Waals surface area contributed by atoms with Gasteiger partial charge in [0.2, 0.25) is 0 Å². The molecule has 0 unspecified atom stereocenters. The molecular formula is C18H18N2O2S. The number of methoxy groups -OCH3 is 1. The number of benzene rings is 2. The van der Waals surface area contributed by atoms with Crippen LogP contribution < -0.4 is 9.47 Å². The Bertz CT molecular complexity index is 757. The average Bonchev–Trinajstić information content (AvgIpc) is 2.62. The lowest BCUT2D eigenvalue weighted by Crippen LogP contribution is -1.99. The second-order valence-corrected chi connectivity index (χ2v) is 6.01. The summed E-state index contributed by atoms with van der Waals surface area (Å²) < 4.78 is 10.9. The third-order valence-electron chi connectivity index (χ3n) is 3.36. The molecule has 0 fully saturated rings. The van der Waals surface area contributed by atoms with Crippen LogP contribution in [0.15, 0.2) is 59.9 Å². The fraction of sp³-hybridized carbons (Fsp3) is 0.222. The molecule has 0 bridgehead atoms. The number of aromatic nitrogens is 2. The fourth-order valence-electron chi connectivity index (χ4n) is 2.18. The van der Waals surface area contributed by atoms with Gasteiger partial charge in [0.25, 0.3) is 0 Å². The van der Waals surface area contributed by atoms with E-state index in [4.69, 9.17) is 9.47 Å². The molecule has 0 aliphatic heterocycles. The second kappa shape index (κ2) is 7.83. The van der Waals surface area contributed by atoms with E-state index < -0.39 is 0 Å². The van der Waals surface area contributed by atoms with Crippen molar-refractivity contribution in [1.82, 2.24) is 9.97 Å². The van der Waals surface area contributed by atoms with Gasteiger partial charge in [-0.15, -0.1) is 11.8 Å². The molecule has 0 amide bonds. The van der Waals surface area contributed by atoms with E-state index in [1.807, 2.05) is 42.5 Å². The van der Waals surface area contributed by atoms with Gasteiger partial charge in [-0.05, 0) is 36.8 Å². The number of rotatable bonds is 7. The van der Waals surface area contributed by atoms with Crippen molar-refractivity contribution in [2.75, 3.05) is 19.5 Å². The van der Waals surface area contributed by atoms with E-state index in [-0.39, 0.29) is 0 Å². The molecule has 0 saturated carbocycles. The van der Waals surface area contributed by atoms with Crippen molar-refractivity contribution in [2.45, 2.75) is 11.4 Å². The third kappa shape index (κ3) is 4.13. The number of hydrogen-bond donors (Lipinski definition) is 0. The Hall–Kier alpha value is -2.27. The molecule has 118 valence electrons. The molecule has 3 aromatic rings. The Labute approximate surface area is 139 Å². The molecule has 4 nitrogen and oxygen atoms in total. The van der Waals surface area contributed by atoms with Crippen molar-refractivity contribution in [2.24, 2.45) is 0 Å². The minimum atomic E-state index is 0.683. The summed E-state index contributed by atoms with van der Waals surface area (Å²) in [5.41, 5.74) is 0.986. The molecule has 1 aromatic heterocycles. The van der Waals surface area contributed by atoms with Crippen molar-refractivity contribution in [3.8, 4) is 11.5 Å². The summed E-state index contributed by atoms with van der Waals surface area (Å²) in [6, 6.07) is 15.7. The fourth-order valence-corrected chi connectivity index (χ4v) is 3.09. The summed E-state index contributed by atoms with van der Waals surface area (Å²) in [6.07, 6.45) is 2.58. The number of para-hydroxylation sites is 1. The summed E-state index contributed by atoms with van der Waals surface area (Å²) >= 11 is 1.74. The minimum Gasteiger partial charge on any atom is -0.497 e. The quantitative estimate of drug-likeness (QED) is 0.370. The Morgan fingerprint density at radius 1 is 0.957 bits per heavy atom. The van der Waals surface area contributed by atoms with Gasteiger partial charge in [0.15, 0.2) is 0 Å². The smallest absolute Gasteiger partial charge is 0.119 e. The van der Waals surface area contributed by atoms with E-state index in [1.165, 1.54) is 0 Å². The Morgan fingerprint density at radius 2 is 1.74 bits per heavy atom. The first-order valence-electron chi connectivity index (χ1n) is 7.46. The van der Waals surface area contributed by atoms with Crippen LogP contribution in [0.25, 0.3) is 10.9 Å². The van der Waals surface area contributed by atoms with Crippen LogP contribution in [0.5, 0.6) is 11.5 Å². The van der Waals surface area contributed by atoms with E-state index in [9.17, 15) is 0 Å². The lowest BCUT2D eigenvalue weighted by Gasteiger charge is -2.07. The molecule has 2 aromatic carbocycles. The van der Waals surface area contributed by atoms with Gasteiger partial charge in [0.05, 0.1) is 19.2 Å². The van der Waals surface area contributed by atoms with Gasteiger partial charge in [0, 0.05) is 11.1 Å². The van der Waals surface area contributed by atoms with Gasteiger partial charge in [-0.3, -0.25) is 0 Å². The van der Waals surface area contributed by atoms with Crippen LogP contribution in [0, 0.1) is 0 Å². The lowest BCUT2D eigenvalue weighted by molar-refractivity contribution is 0.318. The summed E-state index contributed by atoms with van der Waals surface area (Å²) in [5.74, 6) is 2.66. The maximum absolute atomic E-state index is 5.73. The van der Waals surface area contributed by atoms with Gasteiger partial charge in [-0.2, -0.15) is 0 Å². The van der Waals surface area contributed by atoms with Crippen molar-refractivity contribution < 1.29 is 9.47 Å². The summed E-state index contributed by atoms with van der Waals surface area (Å²) in [4.78, 5) is 8.66. The molecule has 0 N–H and O–H groups in total. The highest BCUT2D eigenvalue weighted by atomic mass is 32.2. The number of nitrogens with zero attached hydrogens (tertiary/aromatic N) is 2. The molecule has 1 heterocycles. The van der Waals surface area contributed by atoms with Gasteiger partial charge in [-0.25, -0.2) is 9.97 Å². The van der Waals surface area contributed by atoms with Crippen LogP contribution in [0.4, 0.5) is 0 Å². The van der Waals surface area contributed by atoms with Gasteiger partial charge in [0.1, 0.15) is 22.9 Å². The minimum absolute atomic E-state index is 0.683. The zero-order chi connectivity index (χ0) is 15.9.